The molecule has 0 spiro atoms. The lowest BCUT2D eigenvalue weighted by molar-refractivity contribution is -0.128. The van der Waals surface area contributed by atoms with Crippen molar-refractivity contribution < 1.29 is 23.1 Å². The van der Waals surface area contributed by atoms with Gasteiger partial charge in [0.05, 0.1) is 19.3 Å². The number of hydrogen-bond donors (Lipinski definition) is 1. The zero-order chi connectivity index (χ0) is 15.7. The van der Waals surface area contributed by atoms with Gasteiger partial charge in [0.25, 0.3) is 5.92 Å². The van der Waals surface area contributed by atoms with Crippen LogP contribution in [0.4, 0.5) is 8.78 Å². The molecule has 22 heavy (non-hydrogen) atoms. The average molecular weight is 317 g/mol. The van der Waals surface area contributed by atoms with E-state index in [4.69, 9.17) is 4.74 Å². The summed E-state index contributed by atoms with van der Waals surface area (Å²) in [4.78, 5) is 27.5. The second-order valence-corrected chi connectivity index (χ2v) is 6.22. The molecule has 0 aromatic carbocycles. The molecule has 8 heteroatoms. The maximum Gasteiger partial charge on any atom is 0.260 e. The average Bonchev–Trinajstić information content (AvgIpc) is 2.98. The fraction of sp³-hybridized carbons (Fsp3) is 0.857. The Kier molecular flexibility index (Phi) is 4.31. The summed E-state index contributed by atoms with van der Waals surface area (Å²) in [5.41, 5.74) is 0. The van der Waals surface area contributed by atoms with Crippen molar-refractivity contribution in [3.05, 3.63) is 0 Å². The molecule has 0 aromatic heterocycles. The van der Waals surface area contributed by atoms with Crippen LogP contribution in [-0.2, 0) is 14.3 Å². The van der Waals surface area contributed by atoms with Gasteiger partial charge >= 0.3 is 0 Å². The number of carbonyl (C=O) groups excluding carboxylic acids is 2. The van der Waals surface area contributed by atoms with Gasteiger partial charge in [-0.3, -0.25) is 14.5 Å². The maximum atomic E-state index is 12.8. The Labute approximate surface area is 127 Å². The van der Waals surface area contributed by atoms with Crippen molar-refractivity contribution in [3.63, 3.8) is 0 Å². The molecule has 1 N–H and O–H groups in total. The van der Waals surface area contributed by atoms with E-state index in [0.717, 1.165) is 19.6 Å². The first-order chi connectivity index (χ1) is 10.5. The van der Waals surface area contributed by atoms with Crippen LogP contribution in [-0.4, -0.2) is 79.5 Å². The SMILES string of the molecule is O=C(NC1CC(=O)N(CCN2CCOCC2)C1)C1CC1(F)F. The van der Waals surface area contributed by atoms with E-state index in [1.807, 2.05) is 0 Å². The van der Waals surface area contributed by atoms with Crippen LogP contribution in [0.1, 0.15) is 12.8 Å². The number of nitrogens with zero attached hydrogens (tertiary/aromatic N) is 2. The quantitative estimate of drug-likeness (QED) is 0.756. The Morgan fingerprint density at radius 3 is 2.64 bits per heavy atom. The van der Waals surface area contributed by atoms with Gasteiger partial charge < -0.3 is 15.0 Å². The Bertz CT molecular complexity index is 455. The molecule has 124 valence electrons. The predicted octanol–water partition coefficient (Wildman–Crippen LogP) is -0.309. The minimum atomic E-state index is -2.86. The van der Waals surface area contributed by atoms with E-state index in [1.54, 1.807) is 4.90 Å². The number of likely N-dealkylation sites (tertiary alicyclic amines) is 1. The third-order valence-electron chi connectivity index (χ3n) is 4.49. The minimum Gasteiger partial charge on any atom is -0.379 e. The molecule has 2 aliphatic heterocycles. The minimum absolute atomic E-state index is 0.0267. The highest BCUT2D eigenvalue weighted by atomic mass is 19.3. The number of nitrogens with one attached hydrogen (secondary N) is 1. The lowest BCUT2D eigenvalue weighted by Crippen LogP contribution is -2.43. The van der Waals surface area contributed by atoms with Gasteiger partial charge in [0.15, 0.2) is 0 Å². The lowest BCUT2D eigenvalue weighted by atomic mass is 10.2. The van der Waals surface area contributed by atoms with Crippen LogP contribution >= 0.6 is 0 Å². The molecule has 2 amide bonds. The summed E-state index contributed by atoms with van der Waals surface area (Å²) in [5.74, 6) is -4.72. The molecule has 0 bridgehead atoms. The molecule has 2 heterocycles. The summed E-state index contributed by atoms with van der Waals surface area (Å²) >= 11 is 0. The molecule has 1 aliphatic carbocycles. The van der Waals surface area contributed by atoms with E-state index in [1.165, 1.54) is 0 Å². The summed E-state index contributed by atoms with van der Waals surface area (Å²) in [5, 5.41) is 2.58. The Balaban J connectivity index is 1.41. The van der Waals surface area contributed by atoms with E-state index in [2.05, 4.69) is 10.2 Å². The molecule has 3 rings (SSSR count). The van der Waals surface area contributed by atoms with Crippen molar-refractivity contribution in [1.82, 2.24) is 15.1 Å². The van der Waals surface area contributed by atoms with Gasteiger partial charge in [0.2, 0.25) is 11.8 Å². The monoisotopic (exact) mass is 317 g/mol. The molecule has 0 radical (unpaired) electrons. The third kappa shape index (κ3) is 3.55. The van der Waals surface area contributed by atoms with Crippen LogP contribution in [0.5, 0.6) is 0 Å². The van der Waals surface area contributed by atoms with Gasteiger partial charge in [-0.15, -0.1) is 0 Å². The smallest absolute Gasteiger partial charge is 0.260 e. The van der Waals surface area contributed by atoms with Crippen LogP contribution in [0, 0.1) is 5.92 Å². The largest absolute Gasteiger partial charge is 0.379 e. The van der Waals surface area contributed by atoms with Crippen LogP contribution in [0.15, 0.2) is 0 Å². The van der Waals surface area contributed by atoms with E-state index in [9.17, 15) is 18.4 Å². The van der Waals surface area contributed by atoms with Crippen molar-refractivity contribution in [2.75, 3.05) is 45.9 Å². The first-order valence-electron chi connectivity index (χ1n) is 7.72. The Morgan fingerprint density at radius 2 is 2.00 bits per heavy atom. The summed E-state index contributed by atoms with van der Waals surface area (Å²) in [6, 6.07) is -0.346. The molecule has 0 aromatic rings. The Morgan fingerprint density at radius 1 is 1.32 bits per heavy atom. The molecule has 3 fully saturated rings. The summed E-state index contributed by atoms with van der Waals surface area (Å²) < 4.78 is 31.0. The van der Waals surface area contributed by atoms with Crippen LogP contribution < -0.4 is 5.32 Å². The number of hydrogen-bond acceptors (Lipinski definition) is 4. The van der Waals surface area contributed by atoms with Gasteiger partial charge in [0, 0.05) is 45.6 Å². The van der Waals surface area contributed by atoms with Gasteiger partial charge in [-0.1, -0.05) is 0 Å². The molecule has 2 unspecified atom stereocenters. The topological polar surface area (TPSA) is 61.9 Å². The van der Waals surface area contributed by atoms with Crippen LogP contribution in [0.25, 0.3) is 0 Å². The van der Waals surface area contributed by atoms with E-state index in [-0.39, 0.29) is 24.8 Å². The first kappa shape index (κ1) is 15.6. The van der Waals surface area contributed by atoms with E-state index in [0.29, 0.717) is 26.3 Å². The zero-order valence-electron chi connectivity index (χ0n) is 12.4. The summed E-state index contributed by atoms with van der Waals surface area (Å²) in [6.45, 7) is 4.93. The van der Waals surface area contributed by atoms with Crippen molar-refractivity contribution >= 4 is 11.8 Å². The highest BCUT2D eigenvalue weighted by molar-refractivity contribution is 5.85. The number of carbonyl (C=O) groups is 2. The molecule has 2 atom stereocenters. The molecule has 2 saturated heterocycles. The number of amides is 2. The van der Waals surface area contributed by atoms with Gasteiger partial charge in [-0.05, 0) is 0 Å². The fourth-order valence-corrected chi connectivity index (χ4v) is 2.97. The number of rotatable bonds is 5. The highest BCUT2D eigenvalue weighted by Gasteiger charge is 2.61. The molecule has 6 nitrogen and oxygen atoms in total. The molecule has 3 aliphatic rings. The summed E-state index contributed by atoms with van der Waals surface area (Å²) in [6.07, 6.45) is -0.173. The normalized spacial score (nSPS) is 31.4. The number of alkyl halides is 2. The van der Waals surface area contributed by atoms with Crippen molar-refractivity contribution in [2.45, 2.75) is 24.8 Å². The second-order valence-electron chi connectivity index (χ2n) is 6.22. The lowest BCUT2D eigenvalue weighted by Gasteiger charge is -2.28. The maximum absolute atomic E-state index is 12.8. The number of morpholine rings is 1. The van der Waals surface area contributed by atoms with Crippen LogP contribution in [0.3, 0.4) is 0 Å². The Hall–Kier alpha value is -1.28. The van der Waals surface area contributed by atoms with Gasteiger partial charge in [-0.25, -0.2) is 8.78 Å². The van der Waals surface area contributed by atoms with Crippen molar-refractivity contribution in [1.29, 1.82) is 0 Å². The fourth-order valence-electron chi connectivity index (χ4n) is 2.97. The first-order valence-corrected chi connectivity index (χ1v) is 7.72. The standard InChI is InChI=1S/C14H21F2N3O3/c15-14(16)8-11(14)13(21)17-10-7-12(20)19(9-10)2-1-18-3-5-22-6-4-18/h10-11H,1-9H2,(H,17,21). The van der Waals surface area contributed by atoms with E-state index < -0.39 is 17.7 Å². The van der Waals surface area contributed by atoms with Crippen molar-refractivity contribution in [3.8, 4) is 0 Å². The van der Waals surface area contributed by atoms with Gasteiger partial charge in [-0.2, -0.15) is 0 Å². The number of halogens is 2. The second kappa shape index (κ2) is 6.08. The van der Waals surface area contributed by atoms with Gasteiger partial charge in [0.1, 0.15) is 5.92 Å². The third-order valence-corrected chi connectivity index (χ3v) is 4.49. The molecule has 1 saturated carbocycles. The van der Waals surface area contributed by atoms with Crippen LogP contribution in [0.2, 0.25) is 0 Å². The molecular weight excluding hydrogens is 296 g/mol. The highest BCUT2D eigenvalue weighted by Crippen LogP contribution is 2.48. The molecular formula is C14H21F2N3O3. The van der Waals surface area contributed by atoms with Crippen molar-refractivity contribution in [2.24, 2.45) is 5.92 Å². The number of ether oxygens (including phenoxy) is 1. The predicted molar refractivity (Wildman–Crippen MR) is 73.4 cm³/mol. The van der Waals surface area contributed by atoms with E-state index >= 15 is 0 Å². The summed E-state index contributed by atoms with van der Waals surface area (Å²) in [7, 11) is 0. The zero-order valence-corrected chi connectivity index (χ0v) is 12.4.